The average Bonchev–Trinajstić information content (AvgIpc) is 2.82. The second kappa shape index (κ2) is 6.72. The van der Waals surface area contributed by atoms with Gasteiger partial charge in [-0.2, -0.15) is 4.72 Å². The number of carboxylic acid groups (broad SMARTS) is 1. The van der Waals surface area contributed by atoms with E-state index in [1.807, 2.05) is 6.92 Å². The van der Waals surface area contributed by atoms with Crippen LogP contribution in [0.2, 0.25) is 0 Å². The minimum Gasteiger partial charge on any atom is -0.477 e. The number of nitrogens with one attached hydrogen (secondary N) is 2. The van der Waals surface area contributed by atoms with Crippen LogP contribution >= 0.6 is 0 Å². The zero-order valence-corrected chi connectivity index (χ0v) is 12.9. The molecular formula is C12H19N3O5S. The highest BCUT2D eigenvalue weighted by molar-refractivity contribution is 7.89. The molecular weight excluding hydrogens is 298 g/mol. The maximum absolute atomic E-state index is 12.2. The Bertz CT molecular complexity index is 635. The molecule has 0 radical (unpaired) electrons. The number of aryl methyl sites for hydroxylation is 1. The van der Waals surface area contributed by atoms with Gasteiger partial charge in [0.25, 0.3) is 0 Å². The predicted octanol–water partition coefficient (Wildman–Crippen LogP) is 0.00910. The lowest BCUT2D eigenvalue weighted by molar-refractivity contribution is -0.121. The number of hydrogen-bond acceptors (Lipinski definition) is 4. The second-order valence-corrected chi connectivity index (χ2v) is 6.23. The molecule has 0 aliphatic rings. The molecule has 8 nitrogen and oxygen atoms in total. The predicted molar refractivity (Wildman–Crippen MR) is 75.5 cm³/mol. The molecule has 1 heterocycles. The molecule has 1 aromatic heterocycles. The van der Waals surface area contributed by atoms with E-state index in [0.717, 1.165) is 6.07 Å². The van der Waals surface area contributed by atoms with Crippen LogP contribution < -0.4 is 10.0 Å². The van der Waals surface area contributed by atoms with E-state index in [-0.39, 0.29) is 10.6 Å². The van der Waals surface area contributed by atoms with Gasteiger partial charge in [0.05, 0.1) is 6.04 Å². The first-order chi connectivity index (χ1) is 9.72. The van der Waals surface area contributed by atoms with E-state index >= 15 is 0 Å². The van der Waals surface area contributed by atoms with E-state index in [1.165, 1.54) is 24.7 Å². The number of amides is 1. The number of carboxylic acids is 1. The average molecular weight is 317 g/mol. The smallest absolute Gasteiger partial charge is 0.352 e. The summed E-state index contributed by atoms with van der Waals surface area (Å²) in [6, 6.07) is 0.125. The summed E-state index contributed by atoms with van der Waals surface area (Å²) < 4.78 is 27.9. The van der Waals surface area contributed by atoms with Gasteiger partial charge in [0.15, 0.2) is 0 Å². The van der Waals surface area contributed by atoms with Gasteiger partial charge in [0.2, 0.25) is 15.9 Å². The van der Waals surface area contributed by atoms with Crippen LogP contribution in [0, 0.1) is 0 Å². The third kappa shape index (κ3) is 4.05. The monoisotopic (exact) mass is 317 g/mol. The van der Waals surface area contributed by atoms with Crippen LogP contribution in [0.3, 0.4) is 0 Å². The molecule has 1 amide bonds. The highest BCUT2D eigenvalue weighted by Crippen LogP contribution is 2.15. The van der Waals surface area contributed by atoms with Crippen molar-refractivity contribution in [3.05, 3.63) is 18.0 Å². The highest BCUT2D eigenvalue weighted by Gasteiger charge is 2.25. The summed E-state index contributed by atoms with van der Waals surface area (Å²) in [5.41, 5.74) is -0.107. The molecule has 21 heavy (non-hydrogen) atoms. The number of carbonyl (C=O) groups is 2. The molecule has 9 heteroatoms. The van der Waals surface area contributed by atoms with Gasteiger partial charge in [-0.15, -0.1) is 0 Å². The Hall–Kier alpha value is -1.87. The number of likely N-dealkylation sites (N-methyl/N-ethyl adjacent to an activating group) is 1. The van der Waals surface area contributed by atoms with Gasteiger partial charge < -0.3 is 15.0 Å². The van der Waals surface area contributed by atoms with E-state index in [2.05, 4.69) is 10.0 Å². The lowest BCUT2D eigenvalue weighted by Crippen LogP contribution is -2.43. The van der Waals surface area contributed by atoms with Crippen LogP contribution in [-0.2, 0) is 21.4 Å². The highest BCUT2D eigenvalue weighted by atomic mass is 32.2. The van der Waals surface area contributed by atoms with Gasteiger partial charge in [0, 0.05) is 19.8 Å². The maximum Gasteiger partial charge on any atom is 0.352 e. The summed E-state index contributed by atoms with van der Waals surface area (Å²) in [6.07, 6.45) is 1.92. The SMILES string of the molecule is CCCn1cc(S(=O)(=O)NC(C)C(=O)NC)cc1C(=O)O. The fraction of sp³-hybridized carbons (Fsp3) is 0.500. The first-order valence-electron chi connectivity index (χ1n) is 6.40. The van der Waals surface area contributed by atoms with Gasteiger partial charge in [0.1, 0.15) is 10.6 Å². The minimum atomic E-state index is -3.96. The third-order valence-corrected chi connectivity index (χ3v) is 4.34. The summed E-state index contributed by atoms with van der Waals surface area (Å²) in [5, 5.41) is 11.4. The molecule has 1 unspecified atom stereocenters. The van der Waals surface area contributed by atoms with Crippen molar-refractivity contribution in [1.29, 1.82) is 0 Å². The van der Waals surface area contributed by atoms with Crippen LogP contribution in [0.15, 0.2) is 17.2 Å². The Morgan fingerprint density at radius 1 is 1.43 bits per heavy atom. The van der Waals surface area contributed by atoms with Crippen molar-refractivity contribution < 1.29 is 23.1 Å². The fourth-order valence-electron chi connectivity index (χ4n) is 1.81. The Morgan fingerprint density at radius 3 is 2.52 bits per heavy atom. The third-order valence-electron chi connectivity index (χ3n) is 2.84. The molecule has 0 bridgehead atoms. The Balaban J connectivity index is 3.11. The lowest BCUT2D eigenvalue weighted by Gasteiger charge is -2.11. The molecule has 0 saturated carbocycles. The van der Waals surface area contributed by atoms with Crippen molar-refractivity contribution in [3.63, 3.8) is 0 Å². The Morgan fingerprint density at radius 2 is 2.05 bits per heavy atom. The van der Waals surface area contributed by atoms with Crippen LogP contribution in [0.1, 0.15) is 30.8 Å². The largest absolute Gasteiger partial charge is 0.477 e. The van der Waals surface area contributed by atoms with Crippen LogP contribution in [0.25, 0.3) is 0 Å². The molecule has 118 valence electrons. The second-order valence-electron chi connectivity index (χ2n) is 4.52. The summed E-state index contributed by atoms with van der Waals surface area (Å²) >= 11 is 0. The number of nitrogens with zero attached hydrogens (tertiary/aromatic N) is 1. The Labute approximate surface area is 123 Å². The van der Waals surface area contributed by atoms with Gasteiger partial charge in [-0.3, -0.25) is 4.79 Å². The zero-order chi connectivity index (χ0) is 16.2. The lowest BCUT2D eigenvalue weighted by atomic mass is 10.3. The van der Waals surface area contributed by atoms with E-state index in [9.17, 15) is 18.0 Å². The molecule has 0 saturated heterocycles. The van der Waals surface area contributed by atoms with Crippen molar-refractivity contribution >= 4 is 21.9 Å². The topological polar surface area (TPSA) is 118 Å². The molecule has 0 aliphatic heterocycles. The molecule has 0 aliphatic carbocycles. The first kappa shape index (κ1) is 17.2. The van der Waals surface area contributed by atoms with E-state index in [1.54, 1.807) is 0 Å². The fourth-order valence-corrected chi connectivity index (χ4v) is 3.05. The minimum absolute atomic E-state index is 0.107. The van der Waals surface area contributed by atoms with Crippen molar-refractivity contribution in [1.82, 2.24) is 14.6 Å². The zero-order valence-electron chi connectivity index (χ0n) is 12.1. The maximum atomic E-state index is 12.2. The summed E-state index contributed by atoms with van der Waals surface area (Å²) in [5.74, 6) is -1.69. The van der Waals surface area contributed by atoms with Gasteiger partial charge in [-0.25, -0.2) is 13.2 Å². The number of rotatable bonds is 7. The molecule has 1 aromatic rings. The van der Waals surface area contributed by atoms with E-state index in [0.29, 0.717) is 13.0 Å². The number of aromatic carboxylic acids is 1. The van der Waals surface area contributed by atoms with Gasteiger partial charge in [-0.05, 0) is 19.4 Å². The van der Waals surface area contributed by atoms with E-state index < -0.39 is 27.9 Å². The molecule has 0 spiro atoms. The summed E-state index contributed by atoms with van der Waals surface area (Å²) in [7, 11) is -2.57. The van der Waals surface area contributed by atoms with Gasteiger partial charge in [-0.1, -0.05) is 6.92 Å². The van der Waals surface area contributed by atoms with E-state index in [4.69, 9.17) is 5.11 Å². The van der Waals surface area contributed by atoms with Crippen molar-refractivity contribution in [2.24, 2.45) is 0 Å². The quantitative estimate of drug-likeness (QED) is 0.655. The summed E-state index contributed by atoms with van der Waals surface area (Å²) in [6.45, 7) is 3.64. The number of sulfonamides is 1. The Kier molecular flexibility index (Phi) is 5.50. The molecule has 0 fully saturated rings. The van der Waals surface area contributed by atoms with Crippen molar-refractivity contribution in [2.45, 2.75) is 37.8 Å². The molecule has 0 aromatic carbocycles. The number of hydrogen-bond donors (Lipinski definition) is 3. The number of carbonyl (C=O) groups excluding carboxylic acids is 1. The van der Waals surface area contributed by atoms with Crippen molar-refractivity contribution in [2.75, 3.05) is 7.05 Å². The van der Waals surface area contributed by atoms with Crippen LogP contribution in [0.5, 0.6) is 0 Å². The van der Waals surface area contributed by atoms with Crippen LogP contribution in [0.4, 0.5) is 0 Å². The number of aromatic nitrogens is 1. The molecule has 3 N–H and O–H groups in total. The van der Waals surface area contributed by atoms with Gasteiger partial charge >= 0.3 is 5.97 Å². The summed E-state index contributed by atoms with van der Waals surface area (Å²) in [4.78, 5) is 22.3. The normalized spacial score (nSPS) is 12.9. The first-order valence-corrected chi connectivity index (χ1v) is 7.88. The molecule has 1 rings (SSSR count). The van der Waals surface area contributed by atoms with Crippen LogP contribution in [-0.4, -0.2) is 43.1 Å². The standard InChI is InChI=1S/C12H19N3O5S/c1-4-5-15-7-9(6-10(15)12(17)18)21(19,20)14-8(2)11(16)13-3/h6-8,14H,4-5H2,1-3H3,(H,13,16)(H,17,18). The van der Waals surface area contributed by atoms with Crippen molar-refractivity contribution in [3.8, 4) is 0 Å². The molecule has 1 atom stereocenters.